The van der Waals surface area contributed by atoms with Crippen molar-refractivity contribution in [1.29, 1.82) is 0 Å². The molecule has 128 valence electrons. The summed E-state index contributed by atoms with van der Waals surface area (Å²) in [5.74, 6) is 0.781. The van der Waals surface area contributed by atoms with Crippen LogP contribution in [0.25, 0.3) is 5.69 Å². The minimum atomic E-state index is -0.277. The van der Waals surface area contributed by atoms with E-state index in [4.69, 9.17) is 4.74 Å². The maximum atomic E-state index is 12.7. The Morgan fingerprint density at radius 1 is 1.16 bits per heavy atom. The van der Waals surface area contributed by atoms with Gasteiger partial charge in [0.15, 0.2) is 10.9 Å². The zero-order valence-electron chi connectivity index (χ0n) is 14.3. The Labute approximate surface area is 151 Å². The van der Waals surface area contributed by atoms with Crippen molar-refractivity contribution in [2.75, 3.05) is 7.11 Å². The number of hydrogen-bond acceptors (Lipinski definition) is 5. The van der Waals surface area contributed by atoms with Gasteiger partial charge in [-0.3, -0.25) is 9.36 Å². The molecule has 0 aliphatic heterocycles. The van der Waals surface area contributed by atoms with E-state index in [1.807, 2.05) is 42.7 Å². The molecule has 25 heavy (non-hydrogen) atoms. The van der Waals surface area contributed by atoms with Crippen LogP contribution in [-0.2, 0) is 0 Å². The molecule has 0 aliphatic carbocycles. The summed E-state index contributed by atoms with van der Waals surface area (Å²) in [6, 6.07) is 15.2. The second kappa shape index (κ2) is 7.53. The molecule has 1 aromatic heterocycles. The number of ketones is 1. The molecular formula is C19H19N3O2S. The van der Waals surface area contributed by atoms with Gasteiger partial charge in [-0.15, -0.1) is 10.2 Å². The van der Waals surface area contributed by atoms with Gasteiger partial charge in [-0.25, -0.2) is 0 Å². The van der Waals surface area contributed by atoms with Crippen LogP contribution in [0.3, 0.4) is 0 Å². The third-order valence-corrected chi connectivity index (χ3v) is 4.97. The van der Waals surface area contributed by atoms with Crippen LogP contribution in [-0.4, -0.2) is 32.9 Å². The smallest absolute Gasteiger partial charge is 0.196 e. The van der Waals surface area contributed by atoms with E-state index < -0.39 is 0 Å². The molecule has 0 radical (unpaired) electrons. The number of nitrogens with zero attached hydrogens (tertiary/aromatic N) is 3. The first kappa shape index (κ1) is 17.2. The molecule has 3 rings (SSSR count). The number of hydrogen-bond donors (Lipinski definition) is 0. The fraction of sp³-hybridized carbons (Fsp3) is 0.211. The Morgan fingerprint density at radius 3 is 2.56 bits per heavy atom. The van der Waals surface area contributed by atoms with Gasteiger partial charge in [-0.2, -0.15) is 0 Å². The van der Waals surface area contributed by atoms with Crippen LogP contribution < -0.4 is 4.74 Å². The molecular weight excluding hydrogens is 334 g/mol. The number of methoxy groups -OCH3 is 1. The quantitative estimate of drug-likeness (QED) is 0.496. The van der Waals surface area contributed by atoms with Crippen molar-refractivity contribution in [3.05, 3.63) is 66.0 Å². The average molecular weight is 353 g/mol. The topological polar surface area (TPSA) is 57.0 Å². The molecule has 1 atom stereocenters. The molecule has 0 saturated carbocycles. The molecule has 6 heteroatoms. The minimum Gasteiger partial charge on any atom is -0.497 e. The van der Waals surface area contributed by atoms with E-state index >= 15 is 0 Å². The maximum absolute atomic E-state index is 12.7. The van der Waals surface area contributed by atoms with Crippen molar-refractivity contribution in [2.45, 2.75) is 24.3 Å². The van der Waals surface area contributed by atoms with Crippen LogP contribution in [0.5, 0.6) is 5.75 Å². The highest BCUT2D eigenvalue weighted by Gasteiger charge is 2.20. The molecule has 0 N–H and O–H groups in total. The van der Waals surface area contributed by atoms with E-state index in [0.29, 0.717) is 10.7 Å². The molecule has 2 aromatic carbocycles. The van der Waals surface area contributed by atoms with E-state index in [2.05, 4.69) is 10.2 Å². The molecule has 0 spiro atoms. The number of rotatable bonds is 6. The predicted octanol–water partition coefficient (Wildman–Crippen LogP) is 3.95. The van der Waals surface area contributed by atoms with Crippen molar-refractivity contribution < 1.29 is 9.53 Å². The van der Waals surface area contributed by atoms with Gasteiger partial charge in [0.25, 0.3) is 0 Å². The largest absolute Gasteiger partial charge is 0.497 e. The van der Waals surface area contributed by atoms with Crippen LogP contribution in [0.15, 0.2) is 60.0 Å². The highest BCUT2D eigenvalue weighted by molar-refractivity contribution is 8.00. The molecule has 1 heterocycles. The average Bonchev–Trinajstić information content (AvgIpc) is 3.09. The van der Waals surface area contributed by atoms with Crippen molar-refractivity contribution in [1.82, 2.24) is 14.8 Å². The van der Waals surface area contributed by atoms with Crippen molar-refractivity contribution in [3.63, 3.8) is 0 Å². The molecule has 0 saturated heterocycles. The normalized spacial score (nSPS) is 12.0. The summed E-state index contributed by atoms with van der Waals surface area (Å²) in [4.78, 5) is 12.7. The number of benzene rings is 2. The molecule has 0 amide bonds. The third kappa shape index (κ3) is 3.74. The monoisotopic (exact) mass is 353 g/mol. The summed E-state index contributed by atoms with van der Waals surface area (Å²) in [7, 11) is 1.60. The third-order valence-electron chi connectivity index (χ3n) is 3.92. The van der Waals surface area contributed by atoms with E-state index in [0.717, 1.165) is 17.0 Å². The first-order chi connectivity index (χ1) is 12.1. The number of aromatic nitrogens is 3. The Hall–Kier alpha value is -2.60. The lowest BCUT2D eigenvalue weighted by Crippen LogP contribution is -2.14. The Morgan fingerprint density at radius 2 is 1.88 bits per heavy atom. The Bertz CT molecular complexity index is 874. The van der Waals surface area contributed by atoms with Crippen LogP contribution >= 0.6 is 11.8 Å². The standard InChI is InChI=1S/C19H19N3O2S/c1-13-6-4-5-7-17(13)22-12-20-21-19(22)25-14(2)18(23)15-8-10-16(24-3)11-9-15/h4-12,14H,1-3H3/t14-/m1/s1. The SMILES string of the molecule is COc1ccc(C(=O)[C@@H](C)Sc2nncn2-c2ccccc2C)cc1. The second-order valence-electron chi connectivity index (χ2n) is 5.62. The number of para-hydroxylation sites is 1. The van der Waals surface area contributed by atoms with Gasteiger partial charge in [0.05, 0.1) is 18.0 Å². The maximum Gasteiger partial charge on any atom is 0.196 e. The van der Waals surface area contributed by atoms with Crippen LogP contribution in [0, 0.1) is 6.92 Å². The van der Waals surface area contributed by atoms with Crippen LogP contribution in [0.4, 0.5) is 0 Å². The summed E-state index contributed by atoms with van der Waals surface area (Å²) in [5.41, 5.74) is 2.79. The highest BCUT2D eigenvalue weighted by Crippen LogP contribution is 2.27. The number of ether oxygens (including phenoxy) is 1. The molecule has 0 unspecified atom stereocenters. The minimum absolute atomic E-state index is 0.0481. The van der Waals surface area contributed by atoms with Gasteiger partial charge in [-0.05, 0) is 49.7 Å². The molecule has 0 fully saturated rings. The lowest BCUT2D eigenvalue weighted by Gasteiger charge is -2.12. The number of carbonyl (C=O) groups is 1. The summed E-state index contributed by atoms with van der Waals surface area (Å²) >= 11 is 1.40. The zero-order valence-corrected chi connectivity index (χ0v) is 15.2. The summed E-state index contributed by atoms with van der Waals surface area (Å²) in [6.07, 6.45) is 1.68. The van der Waals surface area contributed by atoms with Gasteiger partial charge >= 0.3 is 0 Å². The van der Waals surface area contributed by atoms with E-state index in [1.54, 1.807) is 37.7 Å². The van der Waals surface area contributed by atoms with E-state index in [1.165, 1.54) is 11.8 Å². The fourth-order valence-corrected chi connectivity index (χ4v) is 3.42. The lowest BCUT2D eigenvalue weighted by atomic mass is 10.1. The van der Waals surface area contributed by atoms with Gasteiger partial charge in [0.1, 0.15) is 12.1 Å². The highest BCUT2D eigenvalue weighted by atomic mass is 32.2. The molecule has 3 aromatic rings. The van der Waals surface area contributed by atoms with Crippen molar-refractivity contribution in [3.8, 4) is 11.4 Å². The summed E-state index contributed by atoms with van der Waals surface area (Å²) in [6.45, 7) is 3.92. The first-order valence-corrected chi connectivity index (χ1v) is 8.79. The lowest BCUT2D eigenvalue weighted by molar-refractivity contribution is 0.0994. The van der Waals surface area contributed by atoms with Crippen LogP contribution in [0.1, 0.15) is 22.8 Å². The van der Waals surface area contributed by atoms with E-state index in [9.17, 15) is 4.79 Å². The number of thioether (sulfide) groups is 1. The summed E-state index contributed by atoms with van der Waals surface area (Å²) < 4.78 is 7.05. The first-order valence-electron chi connectivity index (χ1n) is 7.91. The Kier molecular flexibility index (Phi) is 5.19. The molecule has 0 aliphatic rings. The van der Waals surface area contributed by atoms with Crippen LogP contribution in [0.2, 0.25) is 0 Å². The van der Waals surface area contributed by atoms with Crippen molar-refractivity contribution >= 4 is 17.5 Å². The number of aryl methyl sites for hydroxylation is 1. The summed E-state index contributed by atoms with van der Waals surface area (Å²) in [5, 5.41) is 8.61. The number of carbonyl (C=O) groups excluding carboxylic acids is 1. The van der Waals surface area contributed by atoms with Gasteiger partial charge in [-0.1, -0.05) is 30.0 Å². The predicted molar refractivity (Wildman–Crippen MR) is 98.7 cm³/mol. The van der Waals surface area contributed by atoms with Gasteiger partial charge in [0, 0.05) is 5.56 Å². The molecule has 5 nitrogen and oxygen atoms in total. The van der Waals surface area contributed by atoms with E-state index in [-0.39, 0.29) is 11.0 Å². The zero-order chi connectivity index (χ0) is 17.8. The second-order valence-corrected chi connectivity index (χ2v) is 6.93. The van der Waals surface area contributed by atoms with Gasteiger partial charge < -0.3 is 4.74 Å². The van der Waals surface area contributed by atoms with Gasteiger partial charge in [0.2, 0.25) is 0 Å². The fourth-order valence-electron chi connectivity index (χ4n) is 2.51. The number of Topliss-reactive ketones (excluding diaryl/α,β-unsaturated/α-hetero) is 1. The Balaban J connectivity index is 1.79. The van der Waals surface area contributed by atoms with Crippen molar-refractivity contribution in [2.24, 2.45) is 0 Å². The molecule has 0 bridgehead atoms.